The van der Waals surface area contributed by atoms with E-state index < -0.39 is 6.10 Å². The van der Waals surface area contributed by atoms with Gasteiger partial charge in [-0.1, -0.05) is 5.92 Å². The Morgan fingerprint density at radius 1 is 1.67 bits per heavy atom. The third-order valence-corrected chi connectivity index (χ3v) is 1.50. The molecule has 0 radical (unpaired) electrons. The molecule has 0 heterocycles. The molecule has 3 nitrogen and oxygen atoms in total. The van der Waals surface area contributed by atoms with Crippen LogP contribution in [0.2, 0.25) is 0 Å². The quantitative estimate of drug-likeness (QED) is 0.572. The molecule has 0 aromatic carbocycles. The lowest BCUT2D eigenvalue weighted by atomic mass is 10.1. The van der Waals surface area contributed by atoms with Crippen LogP contribution in [-0.4, -0.2) is 37.0 Å². The third-order valence-electron chi connectivity index (χ3n) is 1.50. The predicted molar refractivity (Wildman–Crippen MR) is 48.8 cm³/mol. The highest BCUT2D eigenvalue weighted by molar-refractivity contribution is 5.07. The van der Waals surface area contributed by atoms with Crippen molar-refractivity contribution in [1.82, 2.24) is 5.32 Å². The van der Waals surface area contributed by atoms with E-state index in [1.807, 2.05) is 13.8 Å². The van der Waals surface area contributed by atoms with Gasteiger partial charge < -0.3 is 9.84 Å². The Morgan fingerprint density at radius 3 is 2.67 bits per heavy atom. The van der Waals surface area contributed by atoms with E-state index in [0.29, 0.717) is 13.2 Å². The highest BCUT2D eigenvalue weighted by atomic mass is 16.5. The number of hydrogen-bond acceptors (Lipinski definition) is 3. The van der Waals surface area contributed by atoms with Gasteiger partial charge in [-0.25, -0.2) is 0 Å². The van der Waals surface area contributed by atoms with E-state index in [1.54, 1.807) is 7.11 Å². The highest BCUT2D eigenvalue weighted by Crippen LogP contribution is 1.98. The third kappa shape index (κ3) is 5.14. The second-order valence-electron chi connectivity index (χ2n) is 3.26. The first-order chi connectivity index (χ1) is 5.52. The van der Waals surface area contributed by atoms with Crippen molar-refractivity contribution >= 4 is 0 Å². The normalized spacial score (nSPS) is 13.9. The van der Waals surface area contributed by atoms with Gasteiger partial charge in [-0.2, -0.15) is 0 Å². The van der Waals surface area contributed by atoms with Gasteiger partial charge in [-0.15, -0.1) is 6.42 Å². The van der Waals surface area contributed by atoms with E-state index in [2.05, 4.69) is 11.2 Å². The van der Waals surface area contributed by atoms with Gasteiger partial charge in [0, 0.05) is 13.7 Å². The van der Waals surface area contributed by atoms with Gasteiger partial charge in [0.15, 0.2) is 0 Å². The number of ether oxygens (including phenoxy) is 1. The Kier molecular flexibility index (Phi) is 4.91. The molecule has 70 valence electrons. The molecule has 0 spiro atoms. The molecule has 12 heavy (non-hydrogen) atoms. The van der Waals surface area contributed by atoms with Gasteiger partial charge in [0.25, 0.3) is 0 Å². The number of nitrogens with one attached hydrogen (secondary N) is 1. The first-order valence-electron chi connectivity index (χ1n) is 3.91. The van der Waals surface area contributed by atoms with Crippen LogP contribution in [-0.2, 0) is 4.74 Å². The van der Waals surface area contributed by atoms with E-state index in [-0.39, 0.29) is 5.54 Å². The Bertz CT molecular complexity index is 160. The van der Waals surface area contributed by atoms with Crippen molar-refractivity contribution in [3.8, 4) is 12.3 Å². The van der Waals surface area contributed by atoms with E-state index >= 15 is 0 Å². The summed E-state index contributed by atoms with van der Waals surface area (Å²) < 4.78 is 4.76. The number of terminal acetylenes is 1. The van der Waals surface area contributed by atoms with E-state index in [4.69, 9.17) is 11.2 Å². The number of methoxy groups -OCH3 is 1. The minimum Gasteiger partial charge on any atom is -0.389 e. The first-order valence-corrected chi connectivity index (χ1v) is 3.91. The maximum atomic E-state index is 9.25. The summed E-state index contributed by atoms with van der Waals surface area (Å²) in [4.78, 5) is 0. The number of β-amino-alcohol motifs (C(OH)–C–C–N with tert-alkyl or cyclic N) is 1. The van der Waals surface area contributed by atoms with Crippen LogP contribution in [0.3, 0.4) is 0 Å². The summed E-state index contributed by atoms with van der Waals surface area (Å²) in [5, 5.41) is 12.3. The average molecular weight is 171 g/mol. The predicted octanol–water partition coefficient (Wildman–Crippen LogP) is -0.00490. The molecule has 0 amide bonds. The summed E-state index contributed by atoms with van der Waals surface area (Å²) in [5.41, 5.74) is -0.366. The summed E-state index contributed by atoms with van der Waals surface area (Å²) in [6.45, 7) is 4.54. The molecule has 0 rings (SSSR count). The van der Waals surface area contributed by atoms with Crippen LogP contribution in [0.1, 0.15) is 13.8 Å². The Balaban J connectivity index is 3.62. The number of rotatable bonds is 5. The molecule has 0 aliphatic heterocycles. The molecule has 0 aliphatic carbocycles. The maximum Gasteiger partial charge on any atom is 0.0898 e. The SMILES string of the molecule is C#CC(C)(C)NCC(O)COC. The Morgan fingerprint density at radius 2 is 2.25 bits per heavy atom. The van der Waals surface area contributed by atoms with Crippen LogP contribution >= 0.6 is 0 Å². The fourth-order valence-corrected chi connectivity index (χ4v) is 0.675. The fraction of sp³-hybridized carbons (Fsp3) is 0.778. The molecule has 3 heteroatoms. The summed E-state index contributed by atoms with van der Waals surface area (Å²) in [5.74, 6) is 2.58. The molecule has 2 N–H and O–H groups in total. The van der Waals surface area contributed by atoms with Crippen molar-refractivity contribution in [2.45, 2.75) is 25.5 Å². The zero-order chi connectivity index (χ0) is 9.61. The van der Waals surface area contributed by atoms with E-state index in [1.165, 1.54) is 0 Å². The highest BCUT2D eigenvalue weighted by Gasteiger charge is 2.14. The lowest BCUT2D eigenvalue weighted by molar-refractivity contribution is 0.0618. The minimum atomic E-state index is -0.498. The Labute approximate surface area is 74.1 Å². The zero-order valence-corrected chi connectivity index (χ0v) is 7.92. The van der Waals surface area contributed by atoms with Gasteiger partial charge in [0.2, 0.25) is 0 Å². The fourth-order valence-electron chi connectivity index (χ4n) is 0.675. The number of aliphatic hydroxyl groups excluding tert-OH is 1. The molecule has 0 aliphatic rings. The van der Waals surface area contributed by atoms with Crippen LogP contribution in [0.25, 0.3) is 0 Å². The summed E-state index contributed by atoms with van der Waals surface area (Å²) in [7, 11) is 1.55. The number of aliphatic hydroxyl groups is 1. The zero-order valence-electron chi connectivity index (χ0n) is 7.92. The topological polar surface area (TPSA) is 41.5 Å². The van der Waals surface area contributed by atoms with Gasteiger partial charge in [-0.05, 0) is 13.8 Å². The molecule has 0 saturated heterocycles. The van der Waals surface area contributed by atoms with Crippen LogP contribution in [0.15, 0.2) is 0 Å². The monoisotopic (exact) mass is 171 g/mol. The standard InChI is InChI=1S/C9H17NO2/c1-5-9(2,3)10-6-8(11)7-12-4/h1,8,10-11H,6-7H2,2-4H3. The number of hydrogen-bond donors (Lipinski definition) is 2. The van der Waals surface area contributed by atoms with E-state index in [9.17, 15) is 5.11 Å². The lowest BCUT2D eigenvalue weighted by Gasteiger charge is -2.21. The second kappa shape index (κ2) is 5.15. The molecule has 0 fully saturated rings. The Hall–Kier alpha value is -0.560. The summed E-state index contributed by atoms with van der Waals surface area (Å²) in [6, 6.07) is 0. The molecule has 0 aromatic rings. The van der Waals surface area contributed by atoms with Crippen molar-refractivity contribution in [2.24, 2.45) is 0 Å². The molecular formula is C9H17NO2. The van der Waals surface area contributed by atoms with Crippen molar-refractivity contribution in [3.63, 3.8) is 0 Å². The molecule has 1 unspecified atom stereocenters. The average Bonchev–Trinajstić information content (AvgIpc) is 2.02. The summed E-state index contributed by atoms with van der Waals surface area (Å²) in [6.07, 6.45) is 4.74. The van der Waals surface area contributed by atoms with Gasteiger partial charge in [0.1, 0.15) is 0 Å². The molecule has 1 atom stereocenters. The van der Waals surface area contributed by atoms with Crippen LogP contribution in [0.4, 0.5) is 0 Å². The first kappa shape index (κ1) is 11.4. The van der Waals surface area contributed by atoms with E-state index in [0.717, 1.165) is 0 Å². The summed E-state index contributed by atoms with van der Waals surface area (Å²) >= 11 is 0. The van der Waals surface area contributed by atoms with Crippen LogP contribution < -0.4 is 5.32 Å². The molecular weight excluding hydrogens is 154 g/mol. The van der Waals surface area contributed by atoms with Crippen molar-refractivity contribution in [2.75, 3.05) is 20.3 Å². The molecule has 0 aromatic heterocycles. The van der Waals surface area contributed by atoms with Gasteiger partial charge in [0.05, 0.1) is 18.2 Å². The van der Waals surface area contributed by atoms with Crippen molar-refractivity contribution < 1.29 is 9.84 Å². The van der Waals surface area contributed by atoms with Crippen LogP contribution in [0, 0.1) is 12.3 Å². The van der Waals surface area contributed by atoms with Gasteiger partial charge >= 0.3 is 0 Å². The van der Waals surface area contributed by atoms with Gasteiger partial charge in [-0.3, -0.25) is 5.32 Å². The minimum absolute atomic E-state index is 0.327. The van der Waals surface area contributed by atoms with Crippen molar-refractivity contribution in [1.29, 1.82) is 0 Å². The maximum absolute atomic E-state index is 9.25. The second-order valence-corrected chi connectivity index (χ2v) is 3.26. The molecule has 0 saturated carbocycles. The molecule has 0 bridgehead atoms. The lowest BCUT2D eigenvalue weighted by Crippen LogP contribution is -2.43. The van der Waals surface area contributed by atoms with Crippen molar-refractivity contribution in [3.05, 3.63) is 0 Å². The largest absolute Gasteiger partial charge is 0.389 e. The smallest absolute Gasteiger partial charge is 0.0898 e. The van der Waals surface area contributed by atoms with Crippen LogP contribution in [0.5, 0.6) is 0 Å².